The summed E-state index contributed by atoms with van der Waals surface area (Å²) in [6, 6.07) is 5.40. The SMILES string of the molecule is CN(CCC(=O)O)S(=O)(=O)NCc1ccc(F)cc1. The minimum Gasteiger partial charge on any atom is -0.481 e. The summed E-state index contributed by atoms with van der Waals surface area (Å²) in [4.78, 5) is 10.4. The molecule has 0 aromatic heterocycles. The second-order valence-corrected chi connectivity index (χ2v) is 5.78. The van der Waals surface area contributed by atoms with E-state index in [-0.39, 0.29) is 19.5 Å². The fourth-order valence-electron chi connectivity index (χ4n) is 1.26. The second kappa shape index (κ2) is 6.60. The van der Waals surface area contributed by atoms with Crippen LogP contribution in [-0.2, 0) is 21.5 Å². The number of nitrogens with one attached hydrogen (secondary N) is 1. The van der Waals surface area contributed by atoms with Crippen LogP contribution in [0, 0.1) is 5.82 Å². The van der Waals surface area contributed by atoms with Crippen molar-refractivity contribution in [1.82, 2.24) is 9.03 Å². The molecule has 0 fully saturated rings. The molecule has 0 saturated heterocycles. The number of hydrogen-bond donors (Lipinski definition) is 2. The molecule has 1 rings (SSSR count). The number of carbonyl (C=O) groups is 1. The van der Waals surface area contributed by atoms with Crippen LogP contribution < -0.4 is 4.72 Å². The van der Waals surface area contributed by atoms with E-state index in [1.54, 1.807) is 0 Å². The monoisotopic (exact) mass is 290 g/mol. The van der Waals surface area contributed by atoms with E-state index in [2.05, 4.69) is 4.72 Å². The van der Waals surface area contributed by atoms with Gasteiger partial charge in [-0.05, 0) is 17.7 Å². The number of halogens is 1. The van der Waals surface area contributed by atoms with Gasteiger partial charge in [-0.25, -0.2) is 4.39 Å². The summed E-state index contributed by atoms with van der Waals surface area (Å²) < 4.78 is 39.3. The standard InChI is InChI=1S/C11H15FN2O4S/c1-14(7-6-11(15)16)19(17,18)13-8-9-2-4-10(12)5-3-9/h2-5,13H,6-8H2,1H3,(H,15,16). The van der Waals surface area contributed by atoms with E-state index in [1.165, 1.54) is 31.3 Å². The Morgan fingerprint density at radius 1 is 1.37 bits per heavy atom. The number of carboxylic acids is 1. The average molecular weight is 290 g/mol. The Morgan fingerprint density at radius 2 is 1.95 bits per heavy atom. The minimum atomic E-state index is -3.74. The largest absolute Gasteiger partial charge is 0.481 e. The molecule has 0 bridgehead atoms. The summed E-state index contributed by atoms with van der Waals surface area (Å²) in [5.41, 5.74) is 0.608. The molecule has 0 aliphatic heterocycles. The van der Waals surface area contributed by atoms with Crippen molar-refractivity contribution in [3.8, 4) is 0 Å². The van der Waals surface area contributed by atoms with Crippen LogP contribution in [0.4, 0.5) is 4.39 Å². The van der Waals surface area contributed by atoms with Crippen LogP contribution in [0.2, 0.25) is 0 Å². The van der Waals surface area contributed by atoms with E-state index in [0.29, 0.717) is 5.56 Å². The van der Waals surface area contributed by atoms with Crippen molar-refractivity contribution < 1.29 is 22.7 Å². The molecule has 0 aliphatic carbocycles. The maximum absolute atomic E-state index is 12.7. The number of aliphatic carboxylic acids is 1. The van der Waals surface area contributed by atoms with Gasteiger partial charge in [-0.1, -0.05) is 12.1 Å². The highest BCUT2D eigenvalue weighted by molar-refractivity contribution is 7.87. The Kier molecular flexibility index (Phi) is 5.40. The van der Waals surface area contributed by atoms with Gasteiger partial charge >= 0.3 is 5.97 Å². The molecule has 0 aliphatic rings. The van der Waals surface area contributed by atoms with Gasteiger partial charge in [-0.3, -0.25) is 4.79 Å². The van der Waals surface area contributed by atoms with Crippen molar-refractivity contribution >= 4 is 16.2 Å². The molecular weight excluding hydrogens is 275 g/mol. The van der Waals surface area contributed by atoms with Crippen LogP contribution in [0.15, 0.2) is 24.3 Å². The van der Waals surface area contributed by atoms with Gasteiger partial charge in [-0.2, -0.15) is 17.4 Å². The smallest absolute Gasteiger partial charge is 0.304 e. The quantitative estimate of drug-likeness (QED) is 0.768. The number of rotatable bonds is 7. The molecular formula is C11H15FN2O4S. The Labute approximate surface area is 111 Å². The molecule has 8 heteroatoms. The third-order valence-electron chi connectivity index (χ3n) is 2.42. The normalized spacial score (nSPS) is 11.7. The summed E-state index contributed by atoms with van der Waals surface area (Å²) in [6.45, 7) is -0.103. The highest BCUT2D eigenvalue weighted by Gasteiger charge is 2.17. The Morgan fingerprint density at radius 3 is 2.47 bits per heavy atom. The molecule has 0 amide bonds. The van der Waals surface area contributed by atoms with Crippen LogP contribution in [0.5, 0.6) is 0 Å². The van der Waals surface area contributed by atoms with E-state index in [9.17, 15) is 17.6 Å². The van der Waals surface area contributed by atoms with Crippen molar-refractivity contribution in [3.05, 3.63) is 35.6 Å². The van der Waals surface area contributed by atoms with Crippen LogP contribution >= 0.6 is 0 Å². The van der Waals surface area contributed by atoms with Gasteiger partial charge in [0, 0.05) is 20.1 Å². The molecule has 19 heavy (non-hydrogen) atoms. The lowest BCUT2D eigenvalue weighted by Crippen LogP contribution is -2.38. The fraction of sp³-hybridized carbons (Fsp3) is 0.364. The lowest BCUT2D eigenvalue weighted by Gasteiger charge is -2.16. The summed E-state index contributed by atoms with van der Waals surface area (Å²) in [5, 5.41) is 8.48. The third kappa shape index (κ3) is 5.33. The molecule has 0 atom stereocenters. The zero-order chi connectivity index (χ0) is 14.5. The summed E-state index contributed by atoms with van der Waals surface area (Å²) in [6.07, 6.45) is -0.270. The van der Waals surface area contributed by atoms with Gasteiger partial charge in [-0.15, -0.1) is 0 Å². The topological polar surface area (TPSA) is 86.7 Å². The molecule has 6 nitrogen and oxygen atoms in total. The average Bonchev–Trinajstić information content (AvgIpc) is 2.35. The van der Waals surface area contributed by atoms with Crippen molar-refractivity contribution in [1.29, 1.82) is 0 Å². The minimum absolute atomic E-state index is 0.0139. The second-order valence-electron chi connectivity index (χ2n) is 3.92. The van der Waals surface area contributed by atoms with Crippen LogP contribution in [0.25, 0.3) is 0 Å². The van der Waals surface area contributed by atoms with E-state index < -0.39 is 22.0 Å². The van der Waals surface area contributed by atoms with E-state index in [0.717, 1.165) is 4.31 Å². The van der Waals surface area contributed by atoms with Crippen LogP contribution in [0.1, 0.15) is 12.0 Å². The first-order valence-corrected chi connectivity index (χ1v) is 6.92. The van der Waals surface area contributed by atoms with Crippen molar-refractivity contribution in [2.45, 2.75) is 13.0 Å². The van der Waals surface area contributed by atoms with Crippen LogP contribution in [-0.4, -0.2) is 37.4 Å². The van der Waals surface area contributed by atoms with Crippen LogP contribution in [0.3, 0.4) is 0 Å². The first-order valence-electron chi connectivity index (χ1n) is 5.48. The maximum Gasteiger partial charge on any atom is 0.304 e. The lowest BCUT2D eigenvalue weighted by molar-refractivity contribution is -0.137. The van der Waals surface area contributed by atoms with Gasteiger partial charge in [0.25, 0.3) is 10.2 Å². The summed E-state index contributed by atoms with van der Waals surface area (Å²) in [5.74, 6) is -1.47. The summed E-state index contributed by atoms with van der Waals surface area (Å²) >= 11 is 0. The first kappa shape index (κ1) is 15.5. The number of carboxylic acid groups (broad SMARTS) is 1. The third-order valence-corrected chi connectivity index (χ3v) is 3.94. The summed E-state index contributed by atoms with van der Waals surface area (Å²) in [7, 11) is -2.45. The predicted octanol–water partition coefficient (Wildman–Crippen LogP) is 0.567. The highest BCUT2D eigenvalue weighted by atomic mass is 32.2. The number of benzene rings is 1. The van der Waals surface area contributed by atoms with E-state index in [1.807, 2.05) is 0 Å². The predicted molar refractivity (Wildman–Crippen MR) is 67.0 cm³/mol. The lowest BCUT2D eigenvalue weighted by atomic mass is 10.2. The number of nitrogens with zero attached hydrogens (tertiary/aromatic N) is 1. The molecule has 0 spiro atoms. The van der Waals surface area contributed by atoms with E-state index in [4.69, 9.17) is 5.11 Å². The molecule has 0 heterocycles. The van der Waals surface area contributed by atoms with Gasteiger partial charge in [0.2, 0.25) is 0 Å². The highest BCUT2D eigenvalue weighted by Crippen LogP contribution is 2.04. The van der Waals surface area contributed by atoms with Crippen molar-refractivity contribution in [2.75, 3.05) is 13.6 Å². The zero-order valence-electron chi connectivity index (χ0n) is 10.3. The molecule has 1 aromatic carbocycles. The molecule has 0 unspecified atom stereocenters. The molecule has 2 N–H and O–H groups in total. The molecule has 0 radical (unpaired) electrons. The van der Waals surface area contributed by atoms with Gasteiger partial charge in [0.15, 0.2) is 0 Å². The van der Waals surface area contributed by atoms with E-state index >= 15 is 0 Å². The van der Waals surface area contributed by atoms with Gasteiger partial charge in [0.05, 0.1) is 6.42 Å². The van der Waals surface area contributed by atoms with Gasteiger partial charge in [0.1, 0.15) is 5.82 Å². The van der Waals surface area contributed by atoms with Crippen molar-refractivity contribution in [3.63, 3.8) is 0 Å². The first-order chi connectivity index (χ1) is 8.81. The Bertz CT molecular complexity index is 530. The maximum atomic E-state index is 12.7. The Balaban J connectivity index is 2.54. The molecule has 106 valence electrons. The van der Waals surface area contributed by atoms with Crippen molar-refractivity contribution in [2.24, 2.45) is 0 Å². The Hall–Kier alpha value is -1.51. The molecule has 0 saturated carbocycles. The molecule has 1 aromatic rings. The number of hydrogen-bond acceptors (Lipinski definition) is 3. The fourth-order valence-corrected chi connectivity index (χ4v) is 2.16. The zero-order valence-corrected chi connectivity index (χ0v) is 11.2. The van der Waals surface area contributed by atoms with Gasteiger partial charge < -0.3 is 5.11 Å².